The standard InChI is InChI=1S/C19H16F3N5OS/c20-19(21,22)12-6-8-24-14(11-12)25-18-26-15(13-5-1-2-7-23-13)16(29-18)17(28)27-9-3-4-10-27/h1-2,5-8,11H,3-4,9-10H2,(H,24,25,26). The molecule has 4 heterocycles. The number of likely N-dealkylation sites (tertiary alicyclic amines) is 1. The Hall–Kier alpha value is -3.01. The first-order valence-electron chi connectivity index (χ1n) is 8.93. The topological polar surface area (TPSA) is 71.0 Å². The number of carbonyl (C=O) groups is 1. The molecule has 3 aromatic rings. The largest absolute Gasteiger partial charge is 0.416 e. The molecule has 1 aliphatic heterocycles. The summed E-state index contributed by atoms with van der Waals surface area (Å²) in [7, 11) is 0. The van der Waals surface area contributed by atoms with E-state index in [1.54, 1.807) is 29.3 Å². The van der Waals surface area contributed by atoms with Crippen molar-refractivity contribution in [1.82, 2.24) is 19.9 Å². The first-order chi connectivity index (χ1) is 13.9. The van der Waals surface area contributed by atoms with E-state index in [0.717, 1.165) is 42.5 Å². The number of hydrogen-bond donors (Lipinski definition) is 1. The zero-order chi connectivity index (χ0) is 20.4. The number of alkyl halides is 3. The zero-order valence-electron chi connectivity index (χ0n) is 15.1. The molecule has 0 radical (unpaired) electrons. The highest BCUT2D eigenvalue weighted by molar-refractivity contribution is 7.18. The second kappa shape index (κ2) is 7.78. The minimum Gasteiger partial charge on any atom is -0.338 e. The van der Waals surface area contributed by atoms with Gasteiger partial charge in [0.05, 0.1) is 11.3 Å². The van der Waals surface area contributed by atoms with Gasteiger partial charge in [0.1, 0.15) is 16.4 Å². The summed E-state index contributed by atoms with van der Waals surface area (Å²) in [6.07, 6.45) is 0.0959. The van der Waals surface area contributed by atoms with Crippen LogP contribution in [0.15, 0.2) is 42.7 Å². The Morgan fingerprint density at radius 1 is 1.10 bits per heavy atom. The summed E-state index contributed by atoms with van der Waals surface area (Å²) in [5, 5.41) is 3.07. The predicted molar refractivity (Wildman–Crippen MR) is 103 cm³/mol. The molecular weight excluding hydrogens is 403 g/mol. The zero-order valence-corrected chi connectivity index (χ0v) is 15.9. The lowest BCUT2D eigenvalue weighted by Crippen LogP contribution is -2.27. The number of aromatic nitrogens is 3. The number of pyridine rings is 2. The van der Waals surface area contributed by atoms with Crippen LogP contribution in [0.25, 0.3) is 11.4 Å². The quantitative estimate of drug-likeness (QED) is 0.669. The van der Waals surface area contributed by atoms with Crippen molar-refractivity contribution < 1.29 is 18.0 Å². The average molecular weight is 419 g/mol. The fraction of sp³-hybridized carbons (Fsp3) is 0.263. The number of thiazole rings is 1. The van der Waals surface area contributed by atoms with Gasteiger partial charge in [0.25, 0.3) is 5.91 Å². The predicted octanol–water partition coefficient (Wildman–Crippen LogP) is 4.60. The maximum Gasteiger partial charge on any atom is 0.416 e. The van der Waals surface area contributed by atoms with Crippen molar-refractivity contribution >= 4 is 28.2 Å². The number of hydrogen-bond acceptors (Lipinski definition) is 6. The van der Waals surface area contributed by atoms with Gasteiger partial charge in [0.15, 0.2) is 5.13 Å². The van der Waals surface area contributed by atoms with Gasteiger partial charge in [-0.2, -0.15) is 13.2 Å². The molecule has 0 spiro atoms. The smallest absolute Gasteiger partial charge is 0.338 e. The number of halogens is 3. The molecule has 1 amide bonds. The Morgan fingerprint density at radius 2 is 1.90 bits per heavy atom. The van der Waals surface area contributed by atoms with Crippen molar-refractivity contribution in [1.29, 1.82) is 0 Å². The molecule has 6 nitrogen and oxygen atoms in total. The Balaban J connectivity index is 1.69. The van der Waals surface area contributed by atoms with Crippen molar-refractivity contribution in [3.63, 3.8) is 0 Å². The lowest BCUT2D eigenvalue weighted by atomic mass is 10.2. The van der Waals surface area contributed by atoms with Crippen LogP contribution in [0.2, 0.25) is 0 Å². The molecule has 1 N–H and O–H groups in total. The average Bonchev–Trinajstić information content (AvgIpc) is 3.38. The third-order valence-corrected chi connectivity index (χ3v) is 5.40. The highest BCUT2D eigenvalue weighted by Gasteiger charge is 2.31. The molecule has 0 bridgehead atoms. The molecule has 0 saturated carbocycles. The fourth-order valence-corrected chi connectivity index (χ4v) is 3.99. The molecule has 150 valence electrons. The van der Waals surface area contributed by atoms with E-state index in [4.69, 9.17) is 0 Å². The number of carbonyl (C=O) groups excluding carboxylic acids is 1. The molecule has 29 heavy (non-hydrogen) atoms. The van der Waals surface area contributed by atoms with Crippen LogP contribution in [0, 0.1) is 0 Å². The molecule has 4 rings (SSSR count). The monoisotopic (exact) mass is 419 g/mol. The van der Waals surface area contributed by atoms with E-state index < -0.39 is 11.7 Å². The fourth-order valence-electron chi connectivity index (χ4n) is 3.04. The van der Waals surface area contributed by atoms with Crippen LogP contribution in [-0.2, 0) is 6.18 Å². The highest BCUT2D eigenvalue weighted by Crippen LogP contribution is 2.34. The maximum absolute atomic E-state index is 13.0. The summed E-state index contributed by atoms with van der Waals surface area (Å²) in [4.78, 5) is 27.8. The first-order valence-corrected chi connectivity index (χ1v) is 9.75. The van der Waals surface area contributed by atoms with E-state index in [9.17, 15) is 18.0 Å². The second-order valence-electron chi connectivity index (χ2n) is 6.46. The molecule has 10 heteroatoms. The molecule has 1 fully saturated rings. The molecule has 0 aromatic carbocycles. The van der Waals surface area contributed by atoms with Gasteiger partial charge < -0.3 is 10.2 Å². The van der Waals surface area contributed by atoms with Crippen LogP contribution < -0.4 is 5.32 Å². The Bertz CT molecular complexity index is 1020. The van der Waals surface area contributed by atoms with Crippen LogP contribution in [-0.4, -0.2) is 38.8 Å². The lowest BCUT2D eigenvalue weighted by Gasteiger charge is -2.14. The number of rotatable bonds is 4. The minimum atomic E-state index is -4.47. The summed E-state index contributed by atoms with van der Waals surface area (Å²) in [5.74, 6) is -0.146. The third kappa shape index (κ3) is 4.21. The van der Waals surface area contributed by atoms with E-state index >= 15 is 0 Å². The number of amides is 1. The third-order valence-electron chi connectivity index (χ3n) is 4.44. The van der Waals surface area contributed by atoms with Crippen molar-refractivity contribution in [2.45, 2.75) is 19.0 Å². The summed E-state index contributed by atoms with van der Waals surface area (Å²) in [5.41, 5.74) is 0.114. The van der Waals surface area contributed by atoms with Gasteiger partial charge in [0.2, 0.25) is 0 Å². The molecule has 1 saturated heterocycles. The second-order valence-corrected chi connectivity index (χ2v) is 7.46. The molecule has 1 aliphatic rings. The van der Waals surface area contributed by atoms with E-state index in [1.165, 1.54) is 0 Å². The Morgan fingerprint density at radius 3 is 2.59 bits per heavy atom. The summed E-state index contributed by atoms with van der Waals surface area (Å²) < 4.78 is 38.8. The highest BCUT2D eigenvalue weighted by atomic mass is 32.1. The molecular formula is C19H16F3N5OS. The van der Waals surface area contributed by atoms with Crippen molar-refractivity contribution in [2.75, 3.05) is 18.4 Å². The number of anilines is 2. The van der Waals surface area contributed by atoms with Crippen LogP contribution in [0.5, 0.6) is 0 Å². The number of nitrogens with one attached hydrogen (secondary N) is 1. The van der Waals surface area contributed by atoms with Gasteiger partial charge in [0, 0.05) is 25.5 Å². The Labute approximate surface area is 168 Å². The summed E-state index contributed by atoms with van der Waals surface area (Å²) in [6.45, 7) is 1.35. The van der Waals surface area contributed by atoms with Gasteiger partial charge in [-0.3, -0.25) is 9.78 Å². The van der Waals surface area contributed by atoms with E-state index in [1.807, 2.05) is 0 Å². The lowest BCUT2D eigenvalue weighted by molar-refractivity contribution is -0.137. The van der Waals surface area contributed by atoms with Crippen molar-refractivity contribution in [2.24, 2.45) is 0 Å². The van der Waals surface area contributed by atoms with Crippen molar-refractivity contribution in [3.8, 4) is 11.4 Å². The van der Waals surface area contributed by atoms with E-state index in [0.29, 0.717) is 29.4 Å². The van der Waals surface area contributed by atoms with Gasteiger partial charge >= 0.3 is 6.18 Å². The van der Waals surface area contributed by atoms with E-state index in [-0.39, 0.29) is 16.9 Å². The first kappa shape index (κ1) is 19.3. The van der Waals surface area contributed by atoms with Gasteiger partial charge in [-0.25, -0.2) is 9.97 Å². The van der Waals surface area contributed by atoms with Crippen LogP contribution in [0.1, 0.15) is 28.1 Å². The maximum atomic E-state index is 13.0. The molecule has 0 atom stereocenters. The van der Waals surface area contributed by atoms with E-state index in [2.05, 4.69) is 20.3 Å². The van der Waals surface area contributed by atoms with Gasteiger partial charge in [-0.1, -0.05) is 17.4 Å². The Kier molecular flexibility index (Phi) is 5.18. The number of nitrogens with zero attached hydrogens (tertiary/aromatic N) is 4. The molecule has 0 unspecified atom stereocenters. The molecule has 3 aromatic heterocycles. The van der Waals surface area contributed by atoms with Crippen LogP contribution in [0.4, 0.5) is 24.1 Å². The SMILES string of the molecule is O=C(c1sc(Nc2cc(C(F)(F)F)ccn2)nc1-c1ccccn1)N1CCCC1. The van der Waals surface area contributed by atoms with Gasteiger partial charge in [-0.05, 0) is 37.1 Å². The minimum absolute atomic E-state index is 0.00122. The van der Waals surface area contributed by atoms with Crippen LogP contribution in [0.3, 0.4) is 0 Å². The van der Waals surface area contributed by atoms with Crippen molar-refractivity contribution in [3.05, 3.63) is 53.2 Å². The van der Waals surface area contributed by atoms with Crippen LogP contribution >= 0.6 is 11.3 Å². The summed E-state index contributed by atoms with van der Waals surface area (Å²) >= 11 is 1.08. The van der Waals surface area contributed by atoms with Gasteiger partial charge in [-0.15, -0.1) is 0 Å². The normalized spacial score (nSPS) is 14.2. The molecule has 0 aliphatic carbocycles. The summed E-state index contributed by atoms with van der Waals surface area (Å²) in [6, 6.07) is 7.08.